The summed E-state index contributed by atoms with van der Waals surface area (Å²) in [6.45, 7) is 6.56. The van der Waals surface area contributed by atoms with Crippen molar-refractivity contribution in [1.82, 2.24) is 10.6 Å². The topological polar surface area (TPSA) is 58.2 Å². The van der Waals surface area contributed by atoms with Gasteiger partial charge in [0.1, 0.15) is 0 Å². The summed E-state index contributed by atoms with van der Waals surface area (Å²) in [4.78, 5) is 23.0. The highest BCUT2D eigenvalue weighted by molar-refractivity contribution is 5.92. The lowest BCUT2D eigenvalue weighted by Crippen LogP contribution is -2.34. The van der Waals surface area contributed by atoms with E-state index in [-0.39, 0.29) is 29.7 Å². The Balaban J connectivity index is 2.27. The molecule has 1 saturated carbocycles. The van der Waals surface area contributed by atoms with E-state index in [4.69, 9.17) is 0 Å². The van der Waals surface area contributed by atoms with Gasteiger partial charge in [-0.2, -0.15) is 0 Å². The molecule has 2 N–H and O–H groups in total. The monoisotopic (exact) mass is 212 g/mol. The number of rotatable bonds is 5. The first-order valence-corrected chi connectivity index (χ1v) is 5.64. The zero-order valence-corrected chi connectivity index (χ0v) is 9.67. The molecule has 0 radical (unpaired) electrons. The Kier molecular flexibility index (Phi) is 4.12. The second-order valence-corrected chi connectivity index (χ2v) is 4.40. The molecule has 15 heavy (non-hydrogen) atoms. The second kappa shape index (κ2) is 5.14. The highest BCUT2D eigenvalue weighted by Crippen LogP contribution is 2.38. The van der Waals surface area contributed by atoms with Crippen molar-refractivity contribution in [3.05, 3.63) is 0 Å². The minimum Gasteiger partial charge on any atom is -0.356 e. The Labute approximate surface area is 90.8 Å². The average Bonchev–Trinajstić information content (AvgIpc) is 2.92. The lowest BCUT2D eigenvalue weighted by Gasteiger charge is -2.07. The molecular formula is C11H20N2O2. The van der Waals surface area contributed by atoms with Crippen LogP contribution >= 0.6 is 0 Å². The number of amides is 2. The van der Waals surface area contributed by atoms with Crippen molar-refractivity contribution in [2.45, 2.75) is 39.7 Å². The molecule has 1 aliphatic carbocycles. The fourth-order valence-electron chi connectivity index (χ4n) is 1.55. The molecule has 4 heteroatoms. The van der Waals surface area contributed by atoms with Crippen molar-refractivity contribution < 1.29 is 9.59 Å². The maximum atomic E-state index is 11.5. The van der Waals surface area contributed by atoms with Crippen LogP contribution in [0, 0.1) is 11.8 Å². The van der Waals surface area contributed by atoms with E-state index in [1.807, 2.05) is 20.8 Å². The summed E-state index contributed by atoms with van der Waals surface area (Å²) in [5, 5.41) is 5.64. The number of hydrogen-bond donors (Lipinski definition) is 2. The van der Waals surface area contributed by atoms with Crippen molar-refractivity contribution >= 4 is 11.8 Å². The van der Waals surface area contributed by atoms with Gasteiger partial charge in [-0.3, -0.25) is 9.59 Å². The SMILES string of the molecule is CCCNC(=O)C1CC1C(=O)NC(C)C. The molecule has 2 unspecified atom stereocenters. The van der Waals surface area contributed by atoms with E-state index in [9.17, 15) is 9.59 Å². The lowest BCUT2D eigenvalue weighted by atomic mass is 10.2. The normalized spacial score (nSPS) is 23.7. The van der Waals surface area contributed by atoms with Gasteiger partial charge >= 0.3 is 0 Å². The molecule has 1 fully saturated rings. The maximum Gasteiger partial charge on any atom is 0.224 e. The van der Waals surface area contributed by atoms with E-state index < -0.39 is 0 Å². The number of carbonyl (C=O) groups excluding carboxylic acids is 2. The molecule has 2 amide bonds. The zero-order chi connectivity index (χ0) is 11.4. The fraction of sp³-hybridized carbons (Fsp3) is 0.818. The third-order valence-electron chi connectivity index (χ3n) is 2.44. The van der Waals surface area contributed by atoms with E-state index in [2.05, 4.69) is 10.6 Å². The summed E-state index contributed by atoms with van der Waals surface area (Å²) >= 11 is 0. The predicted molar refractivity (Wildman–Crippen MR) is 58.2 cm³/mol. The molecule has 0 aromatic rings. The largest absolute Gasteiger partial charge is 0.356 e. The summed E-state index contributed by atoms with van der Waals surface area (Å²) in [6, 6.07) is 0.150. The molecule has 0 heterocycles. The Hall–Kier alpha value is -1.06. The highest BCUT2D eigenvalue weighted by atomic mass is 16.2. The molecule has 4 nitrogen and oxygen atoms in total. The number of hydrogen-bond acceptors (Lipinski definition) is 2. The first kappa shape index (κ1) is 12.0. The molecule has 0 saturated heterocycles. The van der Waals surface area contributed by atoms with Crippen LogP contribution in [0.25, 0.3) is 0 Å². The Morgan fingerprint density at radius 1 is 1.27 bits per heavy atom. The summed E-state index contributed by atoms with van der Waals surface area (Å²) in [6.07, 6.45) is 1.63. The smallest absolute Gasteiger partial charge is 0.224 e. The van der Waals surface area contributed by atoms with E-state index >= 15 is 0 Å². The third kappa shape index (κ3) is 3.53. The van der Waals surface area contributed by atoms with Gasteiger partial charge in [-0.15, -0.1) is 0 Å². The number of nitrogens with one attached hydrogen (secondary N) is 2. The van der Waals surface area contributed by atoms with Gasteiger partial charge in [0.15, 0.2) is 0 Å². The molecule has 0 aliphatic heterocycles. The van der Waals surface area contributed by atoms with Crippen LogP contribution in [0.3, 0.4) is 0 Å². The van der Waals surface area contributed by atoms with Crippen molar-refractivity contribution in [3.63, 3.8) is 0 Å². The van der Waals surface area contributed by atoms with Gasteiger partial charge in [0.25, 0.3) is 0 Å². The van der Waals surface area contributed by atoms with Crippen LogP contribution < -0.4 is 10.6 Å². The van der Waals surface area contributed by atoms with Gasteiger partial charge in [-0.1, -0.05) is 6.92 Å². The standard InChI is InChI=1S/C11H20N2O2/c1-4-5-12-10(14)8-6-9(8)11(15)13-7(2)3/h7-9H,4-6H2,1-3H3,(H,12,14)(H,13,15). The fourth-order valence-corrected chi connectivity index (χ4v) is 1.55. The van der Waals surface area contributed by atoms with Gasteiger partial charge in [0, 0.05) is 12.6 Å². The first-order chi connectivity index (χ1) is 7.06. The molecule has 1 rings (SSSR count). The van der Waals surface area contributed by atoms with Gasteiger partial charge < -0.3 is 10.6 Å². The molecule has 2 atom stereocenters. The Morgan fingerprint density at radius 2 is 1.87 bits per heavy atom. The van der Waals surface area contributed by atoms with Crippen LogP contribution in [0.15, 0.2) is 0 Å². The van der Waals surface area contributed by atoms with Gasteiger partial charge in [0.2, 0.25) is 11.8 Å². The summed E-state index contributed by atoms with van der Waals surface area (Å²) in [5.41, 5.74) is 0. The van der Waals surface area contributed by atoms with Gasteiger partial charge in [-0.25, -0.2) is 0 Å². The van der Waals surface area contributed by atoms with E-state index in [0.717, 1.165) is 6.42 Å². The van der Waals surface area contributed by atoms with Crippen LogP contribution in [0.2, 0.25) is 0 Å². The highest BCUT2D eigenvalue weighted by Gasteiger charge is 2.47. The molecule has 86 valence electrons. The minimum atomic E-state index is -0.0933. The Morgan fingerprint density at radius 3 is 2.40 bits per heavy atom. The summed E-state index contributed by atoms with van der Waals surface area (Å²) in [7, 11) is 0. The van der Waals surface area contributed by atoms with Crippen LogP contribution in [0.4, 0.5) is 0 Å². The van der Waals surface area contributed by atoms with Gasteiger partial charge in [0.05, 0.1) is 11.8 Å². The van der Waals surface area contributed by atoms with Crippen LogP contribution in [0.1, 0.15) is 33.6 Å². The molecular weight excluding hydrogens is 192 g/mol. The maximum absolute atomic E-state index is 11.5. The van der Waals surface area contributed by atoms with Crippen molar-refractivity contribution in [1.29, 1.82) is 0 Å². The molecule has 0 aromatic heterocycles. The molecule has 0 bridgehead atoms. The second-order valence-electron chi connectivity index (χ2n) is 4.40. The molecule has 1 aliphatic rings. The van der Waals surface area contributed by atoms with Crippen molar-refractivity contribution in [3.8, 4) is 0 Å². The van der Waals surface area contributed by atoms with Crippen LogP contribution in [0.5, 0.6) is 0 Å². The van der Waals surface area contributed by atoms with Gasteiger partial charge in [-0.05, 0) is 26.7 Å². The van der Waals surface area contributed by atoms with Crippen LogP contribution in [-0.4, -0.2) is 24.4 Å². The predicted octanol–water partition coefficient (Wildman–Crippen LogP) is 0.673. The quantitative estimate of drug-likeness (QED) is 0.704. The van der Waals surface area contributed by atoms with Crippen molar-refractivity contribution in [2.75, 3.05) is 6.54 Å². The number of carbonyl (C=O) groups is 2. The Bertz CT molecular complexity index is 251. The summed E-state index contributed by atoms with van der Waals surface area (Å²) in [5.74, 6) is -0.137. The van der Waals surface area contributed by atoms with Crippen molar-refractivity contribution in [2.24, 2.45) is 11.8 Å². The minimum absolute atomic E-state index is 0.0154. The first-order valence-electron chi connectivity index (χ1n) is 5.64. The third-order valence-corrected chi connectivity index (χ3v) is 2.44. The molecule has 0 spiro atoms. The lowest BCUT2D eigenvalue weighted by molar-refractivity contribution is -0.127. The van der Waals surface area contributed by atoms with E-state index in [1.54, 1.807) is 0 Å². The summed E-state index contributed by atoms with van der Waals surface area (Å²) < 4.78 is 0. The molecule has 0 aromatic carbocycles. The zero-order valence-electron chi connectivity index (χ0n) is 9.67. The average molecular weight is 212 g/mol. The van der Waals surface area contributed by atoms with E-state index in [0.29, 0.717) is 13.0 Å². The van der Waals surface area contributed by atoms with E-state index in [1.165, 1.54) is 0 Å². The van der Waals surface area contributed by atoms with Crippen LogP contribution in [-0.2, 0) is 9.59 Å².